The Morgan fingerprint density at radius 3 is 2.65 bits per heavy atom. The Labute approximate surface area is 125 Å². The van der Waals surface area contributed by atoms with Gasteiger partial charge in [0.1, 0.15) is 5.75 Å². The Balaban J connectivity index is 2.75. The zero-order valence-electron chi connectivity index (χ0n) is 12.5. The lowest BCUT2D eigenvalue weighted by atomic mass is 10.1. The Hall–Kier alpha value is -1.26. The van der Waals surface area contributed by atoms with E-state index < -0.39 is 0 Å². The van der Waals surface area contributed by atoms with E-state index in [2.05, 4.69) is 26.1 Å². The average molecular weight is 300 g/mol. The molecule has 1 aromatic rings. The first-order valence-corrected chi connectivity index (χ1v) is 7.02. The third-order valence-electron chi connectivity index (χ3n) is 2.52. The van der Waals surface area contributed by atoms with Crippen molar-refractivity contribution in [3.05, 3.63) is 28.8 Å². The van der Waals surface area contributed by atoms with Crippen molar-refractivity contribution in [2.45, 2.75) is 39.8 Å². The monoisotopic (exact) mass is 299 g/mol. The quantitative estimate of drug-likeness (QED) is 0.820. The number of hydrogen-bond acceptors (Lipinski definition) is 4. The number of nitrogens with one attached hydrogen (secondary N) is 1. The molecule has 5 heteroatoms. The summed E-state index contributed by atoms with van der Waals surface area (Å²) in [6, 6.07) is 5.40. The standard InChI is InChI=1S/C15H22ClNO3/c1-5-19-14(18)10-20-13-8-6-7-12(16)11(13)9-17-15(2,3)4/h6-8,17H,5,9-10H2,1-4H3. The number of carbonyl (C=O) groups excluding carboxylic acids is 1. The van der Waals surface area contributed by atoms with E-state index >= 15 is 0 Å². The van der Waals surface area contributed by atoms with Gasteiger partial charge in [-0.2, -0.15) is 0 Å². The van der Waals surface area contributed by atoms with Crippen LogP contribution in [0.5, 0.6) is 5.75 Å². The zero-order chi connectivity index (χ0) is 15.2. The maximum absolute atomic E-state index is 11.3. The summed E-state index contributed by atoms with van der Waals surface area (Å²) in [7, 11) is 0. The Kier molecular flexibility index (Phi) is 6.30. The van der Waals surface area contributed by atoms with Gasteiger partial charge in [0.15, 0.2) is 6.61 Å². The predicted octanol–water partition coefficient (Wildman–Crippen LogP) is 3.17. The number of esters is 1. The molecule has 0 aliphatic rings. The van der Waals surface area contributed by atoms with Gasteiger partial charge in [-0.15, -0.1) is 0 Å². The molecule has 112 valence electrons. The topological polar surface area (TPSA) is 47.6 Å². The van der Waals surface area contributed by atoms with Gasteiger partial charge in [0, 0.05) is 22.7 Å². The highest BCUT2D eigenvalue weighted by atomic mass is 35.5. The maximum Gasteiger partial charge on any atom is 0.344 e. The van der Waals surface area contributed by atoms with Crippen LogP contribution in [0.15, 0.2) is 18.2 Å². The minimum absolute atomic E-state index is 0.0302. The lowest BCUT2D eigenvalue weighted by Gasteiger charge is -2.22. The SMILES string of the molecule is CCOC(=O)COc1cccc(Cl)c1CNC(C)(C)C. The van der Waals surface area contributed by atoms with Gasteiger partial charge >= 0.3 is 5.97 Å². The molecule has 1 rings (SSSR count). The zero-order valence-corrected chi connectivity index (χ0v) is 13.2. The molecular formula is C15H22ClNO3. The summed E-state index contributed by atoms with van der Waals surface area (Å²) < 4.78 is 10.3. The fraction of sp³-hybridized carbons (Fsp3) is 0.533. The molecule has 0 aliphatic heterocycles. The molecule has 0 aliphatic carbocycles. The molecule has 0 spiro atoms. The van der Waals surface area contributed by atoms with Gasteiger partial charge in [-0.25, -0.2) is 4.79 Å². The van der Waals surface area contributed by atoms with Crippen molar-refractivity contribution in [2.24, 2.45) is 0 Å². The molecule has 0 saturated heterocycles. The summed E-state index contributed by atoms with van der Waals surface area (Å²) in [5.41, 5.74) is 0.811. The lowest BCUT2D eigenvalue weighted by molar-refractivity contribution is -0.145. The average Bonchev–Trinajstić information content (AvgIpc) is 2.34. The van der Waals surface area contributed by atoms with Gasteiger partial charge in [0.2, 0.25) is 0 Å². The van der Waals surface area contributed by atoms with Gasteiger partial charge < -0.3 is 14.8 Å². The summed E-state index contributed by atoms with van der Waals surface area (Å²) in [6.07, 6.45) is 0. The second kappa shape index (κ2) is 7.50. The number of benzene rings is 1. The van der Waals surface area contributed by atoms with Crippen LogP contribution < -0.4 is 10.1 Å². The molecule has 0 bridgehead atoms. The highest BCUT2D eigenvalue weighted by Gasteiger charge is 2.14. The van der Waals surface area contributed by atoms with E-state index in [0.29, 0.717) is 23.9 Å². The van der Waals surface area contributed by atoms with Crippen LogP contribution in [0.1, 0.15) is 33.3 Å². The Morgan fingerprint density at radius 2 is 2.05 bits per heavy atom. The minimum atomic E-state index is -0.387. The predicted molar refractivity (Wildman–Crippen MR) is 80.2 cm³/mol. The summed E-state index contributed by atoms with van der Waals surface area (Å²) in [5.74, 6) is 0.213. The van der Waals surface area contributed by atoms with Crippen LogP contribution in [-0.2, 0) is 16.1 Å². The van der Waals surface area contributed by atoms with E-state index in [-0.39, 0.29) is 18.1 Å². The molecule has 0 fully saturated rings. The van der Waals surface area contributed by atoms with Gasteiger partial charge in [-0.05, 0) is 39.8 Å². The molecule has 0 aromatic heterocycles. The van der Waals surface area contributed by atoms with Crippen molar-refractivity contribution in [1.82, 2.24) is 5.32 Å². The smallest absolute Gasteiger partial charge is 0.344 e. The third kappa shape index (κ3) is 5.80. The van der Waals surface area contributed by atoms with Crippen molar-refractivity contribution in [1.29, 1.82) is 0 Å². The number of halogens is 1. The van der Waals surface area contributed by atoms with Crippen molar-refractivity contribution in [3.8, 4) is 5.75 Å². The largest absolute Gasteiger partial charge is 0.482 e. The van der Waals surface area contributed by atoms with Crippen LogP contribution in [0.25, 0.3) is 0 Å². The molecule has 4 nitrogen and oxygen atoms in total. The number of rotatable bonds is 6. The first kappa shape index (κ1) is 16.8. The van der Waals surface area contributed by atoms with E-state index in [1.165, 1.54) is 0 Å². The first-order valence-electron chi connectivity index (χ1n) is 6.64. The van der Waals surface area contributed by atoms with E-state index in [1.807, 2.05) is 0 Å². The summed E-state index contributed by atoms with van der Waals surface area (Å²) in [5, 5.41) is 3.97. The minimum Gasteiger partial charge on any atom is -0.482 e. The number of carbonyl (C=O) groups is 1. The fourth-order valence-corrected chi connectivity index (χ4v) is 1.77. The number of ether oxygens (including phenoxy) is 2. The van der Waals surface area contributed by atoms with E-state index in [0.717, 1.165) is 5.56 Å². The maximum atomic E-state index is 11.3. The third-order valence-corrected chi connectivity index (χ3v) is 2.88. The highest BCUT2D eigenvalue weighted by Crippen LogP contribution is 2.27. The molecule has 20 heavy (non-hydrogen) atoms. The summed E-state index contributed by atoms with van der Waals surface area (Å²) >= 11 is 6.20. The molecule has 0 heterocycles. The summed E-state index contributed by atoms with van der Waals surface area (Å²) in [4.78, 5) is 11.3. The lowest BCUT2D eigenvalue weighted by Crippen LogP contribution is -2.35. The van der Waals surface area contributed by atoms with Crippen LogP contribution in [0.2, 0.25) is 5.02 Å². The molecule has 1 aromatic carbocycles. The van der Waals surface area contributed by atoms with E-state index in [4.69, 9.17) is 21.1 Å². The molecule has 0 amide bonds. The second-order valence-corrected chi connectivity index (χ2v) is 5.82. The number of hydrogen-bond donors (Lipinski definition) is 1. The van der Waals surface area contributed by atoms with Crippen LogP contribution in [0, 0.1) is 0 Å². The van der Waals surface area contributed by atoms with Gasteiger partial charge in [-0.3, -0.25) is 0 Å². The van der Waals surface area contributed by atoms with Crippen LogP contribution in [-0.4, -0.2) is 24.7 Å². The molecule has 0 unspecified atom stereocenters. The molecule has 0 atom stereocenters. The van der Waals surface area contributed by atoms with Crippen molar-refractivity contribution >= 4 is 17.6 Å². The molecular weight excluding hydrogens is 278 g/mol. The Bertz CT molecular complexity index is 455. The van der Waals surface area contributed by atoms with Crippen molar-refractivity contribution < 1.29 is 14.3 Å². The van der Waals surface area contributed by atoms with Crippen molar-refractivity contribution in [2.75, 3.05) is 13.2 Å². The fourth-order valence-electron chi connectivity index (χ4n) is 1.54. The molecule has 0 saturated carbocycles. The Morgan fingerprint density at radius 1 is 1.35 bits per heavy atom. The van der Waals surface area contributed by atoms with Crippen LogP contribution in [0.4, 0.5) is 0 Å². The van der Waals surface area contributed by atoms with Gasteiger partial charge in [0.05, 0.1) is 6.61 Å². The molecule has 1 N–H and O–H groups in total. The van der Waals surface area contributed by atoms with Crippen LogP contribution in [0.3, 0.4) is 0 Å². The second-order valence-electron chi connectivity index (χ2n) is 5.41. The van der Waals surface area contributed by atoms with Gasteiger partial charge in [0.25, 0.3) is 0 Å². The normalized spacial score (nSPS) is 11.2. The van der Waals surface area contributed by atoms with Crippen LogP contribution >= 0.6 is 11.6 Å². The summed E-state index contributed by atoms with van der Waals surface area (Å²) in [6.45, 7) is 8.78. The van der Waals surface area contributed by atoms with Gasteiger partial charge in [-0.1, -0.05) is 17.7 Å². The van der Waals surface area contributed by atoms with Crippen molar-refractivity contribution in [3.63, 3.8) is 0 Å². The first-order chi connectivity index (χ1) is 9.33. The van der Waals surface area contributed by atoms with E-state index in [9.17, 15) is 4.79 Å². The van der Waals surface area contributed by atoms with E-state index in [1.54, 1.807) is 25.1 Å². The molecule has 0 radical (unpaired) electrons. The highest BCUT2D eigenvalue weighted by molar-refractivity contribution is 6.31.